The molecule has 0 radical (unpaired) electrons. The highest BCUT2D eigenvalue weighted by Gasteiger charge is 2.18. The summed E-state index contributed by atoms with van der Waals surface area (Å²) in [6.07, 6.45) is 0. The first kappa shape index (κ1) is 19.1. The van der Waals surface area contributed by atoms with Crippen LogP contribution in [0.4, 0.5) is 5.82 Å². The first-order chi connectivity index (χ1) is 14.7. The molecule has 5 rings (SSSR count). The molecule has 0 spiro atoms. The van der Waals surface area contributed by atoms with Crippen LogP contribution in [-0.2, 0) is 6.54 Å². The zero-order valence-electron chi connectivity index (χ0n) is 16.8. The van der Waals surface area contributed by atoms with E-state index < -0.39 is 0 Å². The molecule has 1 aromatic heterocycles. The number of benzene rings is 3. The number of pyridine rings is 1. The lowest BCUT2D eigenvalue weighted by Crippen LogP contribution is -2.46. The van der Waals surface area contributed by atoms with Crippen molar-refractivity contribution in [2.24, 2.45) is 0 Å². The number of piperazine rings is 1. The molecule has 30 heavy (non-hydrogen) atoms. The molecule has 1 saturated heterocycles. The van der Waals surface area contributed by atoms with Crippen LogP contribution >= 0.6 is 11.6 Å². The molecule has 0 atom stereocenters. The van der Waals surface area contributed by atoms with Gasteiger partial charge in [0.15, 0.2) is 0 Å². The summed E-state index contributed by atoms with van der Waals surface area (Å²) in [5.41, 5.74) is 4.84. The van der Waals surface area contributed by atoms with Crippen LogP contribution in [-0.4, -0.2) is 36.1 Å². The molecule has 1 aliphatic heterocycles. The highest BCUT2D eigenvalue weighted by molar-refractivity contribution is 6.30. The van der Waals surface area contributed by atoms with E-state index in [2.05, 4.69) is 82.6 Å². The minimum atomic E-state index is 0.772. The van der Waals surface area contributed by atoms with Crippen molar-refractivity contribution in [2.45, 2.75) is 6.54 Å². The molecule has 4 heteroatoms. The standard InChI is InChI=1S/C26H24ClN3/c27-24-12-9-22(10-13-24)21-7-5-20(6-8-21)19-29-15-17-30(18-16-29)26-14-11-23-3-1-2-4-25(23)28-26/h1-14H,15-19H2. The number of hydrogen-bond acceptors (Lipinski definition) is 3. The summed E-state index contributed by atoms with van der Waals surface area (Å²) in [6, 6.07) is 29.5. The molecule has 0 bridgehead atoms. The average Bonchev–Trinajstić information content (AvgIpc) is 2.80. The molecular formula is C26H24ClN3. The van der Waals surface area contributed by atoms with Crippen molar-refractivity contribution in [3.63, 3.8) is 0 Å². The third kappa shape index (κ3) is 4.18. The van der Waals surface area contributed by atoms with Crippen molar-refractivity contribution >= 4 is 28.3 Å². The molecule has 0 amide bonds. The maximum Gasteiger partial charge on any atom is 0.129 e. The van der Waals surface area contributed by atoms with Gasteiger partial charge < -0.3 is 4.90 Å². The van der Waals surface area contributed by atoms with Crippen molar-refractivity contribution in [3.8, 4) is 11.1 Å². The van der Waals surface area contributed by atoms with Gasteiger partial charge in [0.05, 0.1) is 5.52 Å². The lowest BCUT2D eigenvalue weighted by atomic mass is 10.0. The molecular weight excluding hydrogens is 390 g/mol. The minimum Gasteiger partial charge on any atom is -0.354 e. The summed E-state index contributed by atoms with van der Waals surface area (Å²) in [4.78, 5) is 9.77. The second kappa shape index (κ2) is 8.47. The third-order valence-corrected chi connectivity index (χ3v) is 6.07. The number of nitrogens with zero attached hydrogens (tertiary/aromatic N) is 3. The molecule has 0 aliphatic carbocycles. The van der Waals surface area contributed by atoms with E-state index in [0.717, 1.165) is 49.1 Å². The summed E-state index contributed by atoms with van der Waals surface area (Å²) in [7, 11) is 0. The van der Waals surface area contributed by atoms with E-state index in [1.165, 1.54) is 22.1 Å². The number of aromatic nitrogens is 1. The number of para-hydroxylation sites is 1. The number of rotatable bonds is 4. The van der Waals surface area contributed by atoms with Crippen molar-refractivity contribution in [2.75, 3.05) is 31.1 Å². The van der Waals surface area contributed by atoms with Crippen LogP contribution in [0.15, 0.2) is 84.9 Å². The van der Waals surface area contributed by atoms with Crippen LogP contribution < -0.4 is 4.90 Å². The van der Waals surface area contributed by atoms with Gasteiger partial charge in [-0.1, -0.05) is 66.2 Å². The second-order valence-electron chi connectivity index (χ2n) is 7.83. The second-order valence-corrected chi connectivity index (χ2v) is 8.27. The Hall–Kier alpha value is -2.88. The number of anilines is 1. The van der Waals surface area contributed by atoms with Crippen molar-refractivity contribution in [1.29, 1.82) is 0 Å². The summed E-state index contributed by atoms with van der Waals surface area (Å²) in [5.74, 6) is 1.08. The molecule has 0 N–H and O–H groups in total. The van der Waals surface area contributed by atoms with E-state index in [9.17, 15) is 0 Å². The van der Waals surface area contributed by atoms with E-state index in [1.54, 1.807) is 0 Å². The van der Waals surface area contributed by atoms with Crippen LogP contribution in [0.3, 0.4) is 0 Å². The Kier molecular flexibility index (Phi) is 5.39. The van der Waals surface area contributed by atoms with Crippen LogP contribution in [0.1, 0.15) is 5.56 Å². The molecule has 150 valence electrons. The largest absolute Gasteiger partial charge is 0.354 e. The minimum absolute atomic E-state index is 0.772. The summed E-state index contributed by atoms with van der Waals surface area (Å²) >= 11 is 5.99. The predicted octanol–water partition coefficient (Wildman–Crippen LogP) is 5.88. The number of hydrogen-bond donors (Lipinski definition) is 0. The average molecular weight is 414 g/mol. The van der Waals surface area contributed by atoms with E-state index >= 15 is 0 Å². The van der Waals surface area contributed by atoms with Gasteiger partial charge in [0.25, 0.3) is 0 Å². The first-order valence-electron chi connectivity index (χ1n) is 10.4. The van der Waals surface area contributed by atoms with Crippen molar-refractivity contribution in [3.05, 3.63) is 95.5 Å². The lowest BCUT2D eigenvalue weighted by Gasteiger charge is -2.35. The van der Waals surface area contributed by atoms with Crippen molar-refractivity contribution < 1.29 is 0 Å². The Labute approximate surface area is 182 Å². The molecule has 3 aromatic carbocycles. The Morgan fingerprint density at radius 3 is 2.10 bits per heavy atom. The van der Waals surface area contributed by atoms with Gasteiger partial charge in [-0.3, -0.25) is 4.90 Å². The lowest BCUT2D eigenvalue weighted by molar-refractivity contribution is 0.249. The van der Waals surface area contributed by atoms with Gasteiger partial charge in [-0.15, -0.1) is 0 Å². The van der Waals surface area contributed by atoms with Crippen LogP contribution in [0, 0.1) is 0 Å². The topological polar surface area (TPSA) is 19.4 Å². The zero-order chi connectivity index (χ0) is 20.3. The molecule has 0 unspecified atom stereocenters. The smallest absolute Gasteiger partial charge is 0.129 e. The van der Waals surface area contributed by atoms with Gasteiger partial charge in [-0.05, 0) is 47.0 Å². The third-order valence-electron chi connectivity index (χ3n) is 5.82. The highest BCUT2D eigenvalue weighted by Crippen LogP contribution is 2.23. The molecule has 1 aliphatic rings. The van der Waals surface area contributed by atoms with Gasteiger partial charge in [0.2, 0.25) is 0 Å². The fourth-order valence-electron chi connectivity index (χ4n) is 4.07. The number of halogens is 1. The van der Waals surface area contributed by atoms with Crippen LogP contribution in [0.2, 0.25) is 5.02 Å². The van der Waals surface area contributed by atoms with Gasteiger partial charge in [-0.25, -0.2) is 4.98 Å². The van der Waals surface area contributed by atoms with E-state index in [0.29, 0.717) is 0 Å². The summed E-state index contributed by atoms with van der Waals surface area (Å²) < 4.78 is 0. The fourth-order valence-corrected chi connectivity index (χ4v) is 4.20. The van der Waals surface area contributed by atoms with Gasteiger partial charge >= 0.3 is 0 Å². The molecule has 1 fully saturated rings. The van der Waals surface area contributed by atoms with E-state index in [1.807, 2.05) is 12.1 Å². The predicted molar refractivity (Wildman–Crippen MR) is 126 cm³/mol. The van der Waals surface area contributed by atoms with Gasteiger partial charge in [0, 0.05) is 43.1 Å². The number of fused-ring (bicyclic) bond motifs is 1. The highest BCUT2D eigenvalue weighted by atomic mass is 35.5. The Balaban J connectivity index is 1.20. The Bertz CT molecular complexity index is 1130. The SMILES string of the molecule is Clc1ccc(-c2ccc(CN3CCN(c4ccc5ccccc5n4)CC3)cc2)cc1. The maximum atomic E-state index is 5.99. The molecule has 0 saturated carbocycles. The summed E-state index contributed by atoms with van der Waals surface area (Å²) in [6.45, 7) is 5.10. The first-order valence-corrected chi connectivity index (χ1v) is 10.8. The summed E-state index contributed by atoms with van der Waals surface area (Å²) in [5, 5.41) is 1.97. The van der Waals surface area contributed by atoms with E-state index in [4.69, 9.17) is 16.6 Å². The van der Waals surface area contributed by atoms with Crippen molar-refractivity contribution in [1.82, 2.24) is 9.88 Å². The Morgan fingerprint density at radius 1 is 0.700 bits per heavy atom. The molecule has 4 aromatic rings. The molecule has 2 heterocycles. The maximum absolute atomic E-state index is 5.99. The molecule has 3 nitrogen and oxygen atoms in total. The van der Waals surface area contributed by atoms with Crippen LogP contribution in [0.25, 0.3) is 22.0 Å². The van der Waals surface area contributed by atoms with E-state index in [-0.39, 0.29) is 0 Å². The monoisotopic (exact) mass is 413 g/mol. The Morgan fingerprint density at radius 2 is 1.37 bits per heavy atom. The fraction of sp³-hybridized carbons (Fsp3) is 0.192. The zero-order valence-corrected chi connectivity index (χ0v) is 17.6. The van der Waals surface area contributed by atoms with Gasteiger partial charge in [-0.2, -0.15) is 0 Å². The van der Waals surface area contributed by atoms with Crippen LogP contribution in [0.5, 0.6) is 0 Å². The van der Waals surface area contributed by atoms with Gasteiger partial charge in [0.1, 0.15) is 5.82 Å². The quantitative estimate of drug-likeness (QED) is 0.416. The normalized spacial score (nSPS) is 14.9.